The van der Waals surface area contributed by atoms with E-state index >= 15 is 0 Å². The molecule has 0 bridgehead atoms. The first kappa shape index (κ1) is 30.8. The summed E-state index contributed by atoms with van der Waals surface area (Å²) in [5, 5.41) is 15.6. The van der Waals surface area contributed by atoms with E-state index in [1.54, 1.807) is 15.6 Å². The number of hydrogen-bond donors (Lipinski definition) is 3. The Morgan fingerprint density at radius 2 is 1.84 bits per heavy atom. The number of imidazole rings is 1. The lowest BCUT2D eigenvalue weighted by atomic mass is 10.0. The Morgan fingerprint density at radius 1 is 1.18 bits per heavy atom. The van der Waals surface area contributed by atoms with Crippen LogP contribution in [0.5, 0.6) is 0 Å². The van der Waals surface area contributed by atoms with Crippen molar-refractivity contribution in [2.24, 2.45) is 5.92 Å². The molecule has 1 fully saturated rings. The molecule has 3 rings (SSSR count). The first-order valence-electron chi connectivity index (χ1n) is 11.6. The van der Waals surface area contributed by atoms with Crippen LogP contribution in [-0.4, -0.2) is 91.1 Å². The van der Waals surface area contributed by atoms with E-state index in [4.69, 9.17) is 29.9 Å². The molecule has 3 atom stereocenters. The van der Waals surface area contributed by atoms with Crippen molar-refractivity contribution >= 4 is 42.4 Å². The summed E-state index contributed by atoms with van der Waals surface area (Å²) in [6.45, 7) is 6.91. The van der Waals surface area contributed by atoms with Crippen molar-refractivity contribution < 1.29 is 43.2 Å². The largest absolute Gasteiger partial charge is 0.478 e. The zero-order valence-electron chi connectivity index (χ0n) is 21.6. The number of carboxylic acids is 2. The number of aromatic nitrogens is 4. The minimum Gasteiger partial charge on any atom is -0.478 e. The van der Waals surface area contributed by atoms with Crippen LogP contribution in [0.1, 0.15) is 27.2 Å². The molecule has 0 saturated carbocycles. The van der Waals surface area contributed by atoms with Gasteiger partial charge in [-0.1, -0.05) is 13.8 Å². The van der Waals surface area contributed by atoms with E-state index in [-0.39, 0.29) is 18.4 Å². The van der Waals surface area contributed by atoms with Gasteiger partial charge in [0.2, 0.25) is 0 Å². The number of nitrogens with zero attached hydrogens (tertiary/aromatic N) is 5. The van der Waals surface area contributed by atoms with Crippen molar-refractivity contribution in [2.75, 3.05) is 32.3 Å². The summed E-state index contributed by atoms with van der Waals surface area (Å²) in [5.41, 5.74) is 6.95. The molecule has 0 aliphatic carbocycles. The number of carbonyl (C=O) groups excluding carboxylic acids is 1. The number of ether oxygens (including phenoxy) is 2. The summed E-state index contributed by atoms with van der Waals surface area (Å²) in [6.07, 6.45) is 4.36. The molecule has 1 unspecified atom stereocenters. The molecule has 0 radical (unpaired) electrons. The average Bonchev–Trinajstić information content (AvgIpc) is 3.27. The van der Waals surface area contributed by atoms with E-state index in [0.29, 0.717) is 55.3 Å². The highest BCUT2D eigenvalue weighted by Gasteiger charge is 2.44. The van der Waals surface area contributed by atoms with Crippen LogP contribution in [0.3, 0.4) is 0 Å². The Kier molecular flexibility index (Phi) is 11.3. The van der Waals surface area contributed by atoms with Gasteiger partial charge in [-0.2, -0.15) is 0 Å². The molecule has 0 spiro atoms. The molecule has 210 valence electrons. The summed E-state index contributed by atoms with van der Waals surface area (Å²) < 4.78 is 33.5. The zero-order valence-corrected chi connectivity index (χ0v) is 22.5. The van der Waals surface area contributed by atoms with Crippen LogP contribution in [0.2, 0.25) is 0 Å². The van der Waals surface area contributed by atoms with Crippen LogP contribution >= 0.6 is 7.52 Å². The normalized spacial score (nSPS) is 19.6. The topological polar surface area (TPSA) is 209 Å². The maximum absolute atomic E-state index is 13.6. The van der Waals surface area contributed by atoms with Crippen molar-refractivity contribution in [3.05, 3.63) is 24.8 Å². The standard InChI is InChI=1S/C18H29N6O5P.C4H4O4/c1-12(2)15(18(25)27-4)24-6-5-7-29-30(24,26)11-28-13(3)8-23-10-22-14-16(19)20-9-21-17(14)23;5-3(6)1-2-4(7)8/h9-10,12-13,15H,5-8,11H2,1-4H3,(H2,19,20,21);1-2H,(H,5,6)(H,7,8)/b;2-1+/t13-,15+,30?;/m1./s1. The van der Waals surface area contributed by atoms with Crippen molar-refractivity contribution in [2.45, 2.75) is 45.9 Å². The van der Waals surface area contributed by atoms with Gasteiger partial charge in [0, 0.05) is 18.7 Å². The maximum Gasteiger partial charge on any atom is 0.328 e. The van der Waals surface area contributed by atoms with Gasteiger partial charge in [0.1, 0.15) is 24.2 Å². The Bertz CT molecular complexity index is 1190. The molecule has 15 nitrogen and oxygen atoms in total. The molecule has 0 aromatic carbocycles. The first-order chi connectivity index (χ1) is 17.9. The highest BCUT2D eigenvalue weighted by atomic mass is 31.2. The number of carbonyl (C=O) groups is 3. The number of esters is 1. The summed E-state index contributed by atoms with van der Waals surface area (Å²) in [5.74, 6) is -2.72. The number of methoxy groups -OCH3 is 1. The highest BCUT2D eigenvalue weighted by molar-refractivity contribution is 7.56. The van der Waals surface area contributed by atoms with Crippen molar-refractivity contribution in [1.82, 2.24) is 24.2 Å². The minimum absolute atomic E-state index is 0.0904. The van der Waals surface area contributed by atoms with Gasteiger partial charge in [-0.05, 0) is 19.3 Å². The van der Waals surface area contributed by atoms with E-state index in [9.17, 15) is 18.9 Å². The summed E-state index contributed by atoms with van der Waals surface area (Å²) >= 11 is 0. The van der Waals surface area contributed by atoms with Crippen LogP contribution in [0.25, 0.3) is 11.2 Å². The minimum atomic E-state index is -3.36. The first-order valence-corrected chi connectivity index (χ1v) is 13.4. The molecule has 16 heteroatoms. The van der Waals surface area contributed by atoms with Crippen molar-refractivity contribution in [3.8, 4) is 0 Å². The lowest BCUT2D eigenvalue weighted by molar-refractivity contribution is -0.147. The fourth-order valence-electron chi connectivity index (χ4n) is 3.69. The number of anilines is 1. The Morgan fingerprint density at radius 3 is 2.42 bits per heavy atom. The molecular formula is C22H33N6O9P. The molecule has 2 aromatic heterocycles. The predicted molar refractivity (Wildman–Crippen MR) is 135 cm³/mol. The summed E-state index contributed by atoms with van der Waals surface area (Å²) in [6, 6.07) is -0.655. The van der Waals surface area contributed by atoms with E-state index in [1.165, 1.54) is 13.4 Å². The van der Waals surface area contributed by atoms with Crippen LogP contribution < -0.4 is 5.73 Å². The number of nitrogens with two attached hydrogens (primary N) is 1. The van der Waals surface area contributed by atoms with Crippen LogP contribution in [0, 0.1) is 5.92 Å². The van der Waals surface area contributed by atoms with Crippen molar-refractivity contribution in [3.63, 3.8) is 0 Å². The molecule has 0 amide bonds. The van der Waals surface area contributed by atoms with Gasteiger partial charge in [-0.25, -0.2) is 29.2 Å². The predicted octanol–water partition coefficient (Wildman–Crippen LogP) is 1.60. The molecule has 38 heavy (non-hydrogen) atoms. The van der Waals surface area contributed by atoms with Gasteiger partial charge in [-0.3, -0.25) is 9.36 Å². The van der Waals surface area contributed by atoms with E-state index in [0.717, 1.165) is 0 Å². The third kappa shape index (κ3) is 8.31. The number of rotatable bonds is 10. The van der Waals surface area contributed by atoms with Crippen LogP contribution in [0.15, 0.2) is 24.8 Å². The third-order valence-corrected chi connectivity index (χ3v) is 7.68. The number of carboxylic acid groups (broad SMARTS) is 2. The van der Waals surface area contributed by atoms with E-state index in [1.807, 2.05) is 20.8 Å². The summed E-state index contributed by atoms with van der Waals surface area (Å²) in [7, 11) is -2.03. The van der Waals surface area contributed by atoms with Gasteiger partial charge < -0.3 is 34.5 Å². The van der Waals surface area contributed by atoms with Crippen molar-refractivity contribution in [1.29, 1.82) is 0 Å². The molecule has 2 aromatic rings. The van der Waals surface area contributed by atoms with Crippen LogP contribution in [0.4, 0.5) is 5.82 Å². The molecule has 1 saturated heterocycles. The monoisotopic (exact) mass is 556 g/mol. The quantitative estimate of drug-likeness (QED) is 0.216. The molecule has 1 aliphatic heterocycles. The van der Waals surface area contributed by atoms with E-state index in [2.05, 4.69) is 15.0 Å². The lowest BCUT2D eigenvalue weighted by Gasteiger charge is -2.40. The molecule has 1 aliphatic rings. The van der Waals surface area contributed by atoms with Gasteiger partial charge >= 0.3 is 17.9 Å². The Labute approximate surface area is 219 Å². The molecule has 3 heterocycles. The Balaban J connectivity index is 0.000000550. The van der Waals surface area contributed by atoms with Gasteiger partial charge in [0.25, 0.3) is 7.52 Å². The number of fused-ring (bicyclic) bond motifs is 1. The fourth-order valence-corrected chi connectivity index (χ4v) is 6.10. The molecular weight excluding hydrogens is 523 g/mol. The highest BCUT2D eigenvalue weighted by Crippen LogP contribution is 2.55. The Hall–Kier alpha value is -3.39. The fraction of sp³-hybridized carbons (Fsp3) is 0.545. The second kappa shape index (κ2) is 14.0. The van der Waals surface area contributed by atoms with Gasteiger partial charge in [0.15, 0.2) is 11.5 Å². The lowest BCUT2D eigenvalue weighted by Crippen LogP contribution is -2.46. The van der Waals surface area contributed by atoms with Crippen LogP contribution in [-0.2, 0) is 39.5 Å². The summed E-state index contributed by atoms with van der Waals surface area (Å²) in [4.78, 5) is 43.8. The zero-order chi connectivity index (χ0) is 28.5. The number of hydrogen-bond acceptors (Lipinski definition) is 11. The number of aliphatic carboxylic acids is 2. The SMILES string of the molecule is COC(=O)[C@H](C(C)C)N1CCCOP1(=O)CO[C@H](C)Cn1cnc2c(N)ncnc21.O=C(O)/C=C/C(=O)O. The second-order valence-electron chi connectivity index (χ2n) is 8.64. The average molecular weight is 557 g/mol. The smallest absolute Gasteiger partial charge is 0.328 e. The van der Waals surface area contributed by atoms with Gasteiger partial charge in [0.05, 0.1) is 32.7 Å². The molecule has 4 N–H and O–H groups in total. The maximum atomic E-state index is 13.6. The third-order valence-electron chi connectivity index (χ3n) is 5.39. The number of nitrogen functional groups attached to an aromatic ring is 1. The van der Waals surface area contributed by atoms with Gasteiger partial charge in [-0.15, -0.1) is 0 Å². The van der Waals surface area contributed by atoms with E-state index < -0.39 is 31.5 Å². The second-order valence-corrected chi connectivity index (χ2v) is 10.9.